The van der Waals surface area contributed by atoms with Crippen LogP contribution in [-0.2, 0) is 4.74 Å². The molecular formula is C14H28N2O2. The Bertz CT molecular complexity index is 256. The van der Waals surface area contributed by atoms with Gasteiger partial charge in [-0.25, -0.2) is 0 Å². The van der Waals surface area contributed by atoms with E-state index in [9.17, 15) is 5.11 Å². The van der Waals surface area contributed by atoms with Gasteiger partial charge in [0.2, 0.25) is 0 Å². The van der Waals surface area contributed by atoms with E-state index >= 15 is 0 Å². The SMILES string of the molecule is CN(CC1CCOCC1)C1CCCC(N)(CO)C1. The zero-order valence-electron chi connectivity index (χ0n) is 11.6. The van der Waals surface area contributed by atoms with Crippen LogP contribution in [0.4, 0.5) is 0 Å². The van der Waals surface area contributed by atoms with Crippen molar-refractivity contribution in [3.63, 3.8) is 0 Å². The fraction of sp³-hybridized carbons (Fsp3) is 1.00. The summed E-state index contributed by atoms with van der Waals surface area (Å²) in [7, 11) is 2.21. The van der Waals surface area contributed by atoms with Gasteiger partial charge in [-0.05, 0) is 51.5 Å². The van der Waals surface area contributed by atoms with Crippen LogP contribution >= 0.6 is 0 Å². The number of aliphatic hydroxyl groups is 1. The molecule has 0 amide bonds. The average Bonchev–Trinajstić information content (AvgIpc) is 2.40. The maximum absolute atomic E-state index is 9.41. The molecule has 2 aliphatic rings. The van der Waals surface area contributed by atoms with Crippen LogP contribution in [0, 0.1) is 5.92 Å². The Hall–Kier alpha value is -0.160. The standard InChI is InChI=1S/C14H28N2O2/c1-16(10-12-4-7-18-8-5-12)13-3-2-6-14(15,9-13)11-17/h12-13,17H,2-11,15H2,1H3. The average molecular weight is 256 g/mol. The summed E-state index contributed by atoms with van der Waals surface area (Å²) in [4.78, 5) is 2.46. The number of nitrogens with zero attached hydrogens (tertiary/aromatic N) is 1. The number of hydrogen-bond acceptors (Lipinski definition) is 4. The first-order valence-electron chi connectivity index (χ1n) is 7.31. The second kappa shape index (κ2) is 6.33. The highest BCUT2D eigenvalue weighted by Gasteiger charge is 2.34. The molecule has 0 aromatic rings. The maximum Gasteiger partial charge on any atom is 0.0611 e. The van der Waals surface area contributed by atoms with E-state index in [1.54, 1.807) is 0 Å². The molecule has 3 N–H and O–H groups in total. The van der Waals surface area contributed by atoms with Crippen LogP contribution in [0.5, 0.6) is 0 Å². The lowest BCUT2D eigenvalue weighted by Gasteiger charge is -2.41. The van der Waals surface area contributed by atoms with Crippen LogP contribution < -0.4 is 5.73 Å². The van der Waals surface area contributed by atoms with Gasteiger partial charge in [-0.3, -0.25) is 0 Å². The minimum Gasteiger partial charge on any atom is -0.394 e. The Morgan fingerprint density at radius 3 is 2.72 bits per heavy atom. The summed E-state index contributed by atoms with van der Waals surface area (Å²) in [5.41, 5.74) is 5.88. The predicted molar refractivity (Wildman–Crippen MR) is 72.4 cm³/mol. The number of hydrogen-bond donors (Lipinski definition) is 2. The molecule has 1 saturated carbocycles. The van der Waals surface area contributed by atoms with Crippen molar-refractivity contribution < 1.29 is 9.84 Å². The molecule has 2 fully saturated rings. The van der Waals surface area contributed by atoms with Gasteiger partial charge in [-0.15, -0.1) is 0 Å². The normalized spacial score (nSPS) is 35.0. The van der Waals surface area contributed by atoms with E-state index in [-0.39, 0.29) is 12.1 Å². The monoisotopic (exact) mass is 256 g/mol. The van der Waals surface area contributed by atoms with E-state index in [0.717, 1.165) is 44.9 Å². The molecule has 106 valence electrons. The van der Waals surface area contributed by atoms with Gasteiger partial charge in [0.05, 0.1) is 6.61 Å². The number of aliphatic hydroxyl groups excluding tert-OH is 1. The van der Waals surface area contributed by atoms with Crippen molar-refractivity contribution in [3.05, 3.63) is 0 Å². The molecule has 2 atom stereocenters. The summed E-state index contributed by atoms with van der Waals surface area (Å²) in [5, 5.41) is 9.41. The fourth-order valence-electron chi connectivity index (χ4n) is 3.37. The first-order valence-corrected chi connectivity index (χ1v) is 7.31. The molecule has 1 saturated heterocycles. The van der Waals surface area contributed by atoms with Crippen LogP contribution in [-0.4, -0.2) is 55.0 Å². The van der Waals surface area contributed by atoms with Crippen molar-refractivity contribution in [2.75, 3.05) is 33.4 Å². The fourth-order valence-corrected chi connectivity index (χ4v) is 3.37. The molecule has 0 spiro atoms. The lowest BCUT2D eigenvalue weighted by molar-refractivity contribution is 0.0385. The summed E-state index contributed by atoms with van der Waals surface area (Å²) in [5.74, 6) is 0.770. The van der Waals surface area contributed by atoms with Crippen molar-refractivity contribution in [1.82, 2.24) is 4.90 Å². The maximum atomic E-state index is 9.41. The molecule has 0 radical (unpaired) electrons. The van der Waals surface area contributed by atoms with Gasteiger partial charge < -0.3 is 20.5 Å². The van der Waals surface area contributed by atoms with Crippen molar-refractivity contribution in [1.29, 1.82) is 0 Å². The van der Waals surface area contributed by atoms with E-state index < -0.39 is 0 Å². The molecule has 18 heavy (non-hydrogen) atoms. The van der Waals surface area contributed by atoms with Crippen molar-refractivity contribution >= 4 is 0 Å². The number of ether oxygens (including phenoxy) is 1. The molecule has 0 aromatic carbocycles. The molecule has 1 aliphatic heterocycles. The Morgan fingerprint density at radius 1 is 1.33 bits per heavy atom. The van der Waals surface area contributed by atoms with E-state index in [0.29, 0.717) is 6.04 Å². The molecule has 0 bridgehead atoms. The second-order valence-corrected chi connectivity index (χ2v) is 6.27. The highest BCUT2D eigenvalue weighted by Crippen LogP contribution is 2.29. The highest BCUT2D eigenvalue weighted by molar-refractivity contribution is 4.93. The van der Waals surface area contributed by atoms with Crippen molar-refractivity contribution in [2.45, 2.75) is 50.1 Å². The molecule has 4 heteroatoms. The molecule has 2 unspecified atom stereocenters. The lowest BCUT2D eigenvalue weighted by Crippen LogP contribution is -2.53. The Kier molecular flexibility index (Phi) is 5.01. The molecular weight excluding hydrogens is 228 g/mol. The molecule has 4 nitrogen and oxygen atoms in total. The van der Waals surface area contributed by atoms with Crippen LogP contribution in [0.1, 0.15) is 38.5 Å². The first-order chi connectivity index (χ1) is 8.63. The van der Waals surface area contributed by atoms with Gasteiger partial charge in [0.25, 0.3) is 0 Å². The van der Waals surface area contributed by atoms with Crippen molar-refractivity contribution in [2.24, 2.45) is 11.7 Å². The number of nitrogens with two attached hydrogens (primary N) is 1. The minimum atomic E-state index is -0.340. The first kappa shape index (κ1) is 14.3. The quantitative estimate of drug-likeness (QED) is 0.787. The minimum absolute atomic E-state index is 0.120. The third-order valence-electron chi connectivity index (χ3n) is 4.68. The van der Waals surface area contributed by atoms with Gasteiger partial charge >= 0.3 is 0 Å². The predicted octanol–water partition coefficient (Wildman–Crippen LogP) is 0.977. The van der Waals surface area contributed by atoms with E-state index in [2.05, 4.69) is 11.9 Å². The summed E-state index contributed by atoms with van der Waals surface area (Å²) < 4.78 is 5.41. The zero-order valence-corrected chi connectivity index (χ0v) is 11.6. The summed E-state index contributed by atoms with van der Waals surface area (Å²) in [6.45, 7) is 3.10. The third kappa shape index (κ3) is 3.67. The Morgan fingerprint density at radius 2 is 2.06 bits per heavy atom. The molecule has 1 aliphatic carbocycles. The molecule has 2 rings (SSSR count). The Balaban J connectivity index is 1.82. The largest absolute Gasteiger partial charge is 0.394 e. The molecule has 1 heterocycles. The summed E-state index contributed by atoms with van der Waals surface area (Å²) in [6.07, 6.45) is 6.63. The summed E-state index contributed by atoms with van der Waals surface area (Å²) in [6, 6.07) is 0.541. The molecule has 0 aromatic heterocycles. The summed E-state index contributed by atoms with van der Waals surface area (Å²) >= 11 is 0. The lowest BCUT2D eigenvalue weighted by atomic mass is 9.79. The van der Waals surface area contributed by atoms with Gasteiger partial charge in [-0.2, -0.15) is 0 Å². The zero-order chi connectivity index (χ0) is 13.0. The van der Waals surface area contributed by atoms with E-state index in [1.165, 1.54) is 19.3 Å². The van der Waals surface area contributed by atoms with E-state index in [1.807, 2.05) is 0 Å². The second-order valence-electron chi connectivity index (χ2n) is 6.27. The Labute approximate surface area is 110 Å². The van der Waals surface area contributed by atoms with Crippen LogP contribution in [0.15, 0.2) is 0 Å². The van der Waals surface area contributed by atoms with Gasteiger partial charge in [0, 0.05) is 31.3 Å². The van der Waals surface area contributed by atoms with Crippen LogP contribution in [0.25, 0.3) is 0 Å². The third-order valence-corrected chi connectivity index (χ3v) is 4.68. The smallest absolute Gasteiger partial charge is 0.0611 e. The van der Waals surface area contributed by atoms with Crippen LogP contribution in [0.2, 0.25) is 0 Å². The van der Waals surface area contributed by atoms with Gasteiger partial charge in [0.1, 0.15) is 0 Å². The number of rotatable bonds is 4. The topological polar surface area (TPSA) is 58.7 Å². The van der Waals surface area contributed by atoms with Gasteiger partial charge in [-0.1, -0.05) is 0 Å². The van der Waals surface area contributed by atoms with Gasteiger partial charge in [0.15, 0.2) is 0 Å². The van der Waals surface area contributed by atoms with E-state index in [4.69, 9.17) is 10.5 Å². The van der Waals surface area contributed by atoms with Crippen molar-refractivity contribution in [3.8, 4) is 0 Å². The highest BCUT2D eigenvalue weighted by atomic mass is 16.5. The van der Waals surface area contributed by atoms with Crippen LogP contribution in [0.3, 0.4) is 0 Å².